The molecule has 0 saturated carbocycles. The molecular weight excluding hydrogens is 290 g/mol. The number of rotatable bonds is 3. The Labute approximate surface area is 142 Å². The van der Waals surface area contributed by atoms with E-state index in [9.17, 15) is 0 Å². The molecule has 0 unspecified atom stereocenters. The number of aryl methyl sites for hydroxylation is 1. The van der Waals surface area contributed by atoms with Gasteiger partial charge in [0.2, 0.25) is 5.69 Å². The molecule has 0 spiro atoms. The first kappa shape index (κ1) is 14.6. The molecule has 4 aromatic rings. The maximum atomic E-state index is 2.35. The molecule has 1 aromatic heterocycles. The molecule has 116 valence electrons. The number of nitrogens with zero attached hydrogens (tertiary/aromatic N) is 1. The Morgan fingerprint density at radius 2 is 1.42 bits per heavy atom. The predicted octanol–water partition coefficient (Wildman–Crippen LogP) is 5.15. The topological polar surface area (TPSA) is 3.88 Å². The van der Waals surface area contributed by atoms with Gasteiger partial charge in [-0.05, 0) is 30.5 Å². The maximum Gasteiger partial charge on any atom is 0.220 e. The van der Waals surface area contributed by atoms with Crippen LogP contribution in [0.3, 0.4) is 0 Å². The normalized spacial score (nSPS) is 10.9. The van der Waals surface area contributed by atoms with E-state index in [0.29, 0.717) is 0 Å². The zero-order chi connectivity index (χ0) is 16.4. The van der Waals surface area contributed by atoms with E-state index < -0.39 is 0 Å². The van der Waals surface area contributed by atoms with E-state index in [1.807, 2.05) is 0 Å². The average Bonchev–Trinajstić information content (AvgIpc) is 2.63. The highest BCUT2D eigenvalue weighted by Crippen LogP contribution is 2.25. The fourth-order valence-electron chi connectivity index (χ4n) is 3.20. The summed E-state index contributed by atoms with van der Waals surface area (Å²) >= 11 is 0. The van der Waals surface area contributed by atoms with Crippen LogP contribution in [0.25, 0.3) is 22.0 Å². The van der Waals surface area contributed by atoms with E-state index in [4.69, 9.17) is 0 Å². The molecule has 1 heteroatoms. The van der Waals surface area contributed by atoms with Crippen LogP contribution in [0.4, 0.5) is 0 Å². The molecule has 0 aliphatic carbocycles. The molecule has 1 nitrogen and oxygen atoms in total. The van der Waals surface area contributed by atoms with Crippen molar-refractivity contribution in [3.05, 3.63) is 102 Å². The van der Waals surface area contributed by atoms with Gasteiger partial charge >= 0.3 is 0 Å². The van der Waals surface area contributed by atoms with Crippen molar-refractivity contribution >= 4 is 10.8 Å². The predicted molar refractivity (Wildman–Crippen MR) is 99.9 cm³/mol. The number of pyridine rings is 1. The van der Waals surface area contributed by atoms with Gasteiger partial charge in [0.1, 0.15) is 0 Å². The zero-order valence-electron chi connectivity index (χ0n) is 13.8. The highest BCUT2D eigenvalue weighted by atomic mass is 15.0. The van der Waals surface area contributed by atoms with Crippen molar-refractivity contribution in [2.75, 3.05) is 0 Å². The van der Waals surface area contributed by atoms with Crippen molar-refractivity contribution in [1.29, 1.82) is 0 Å². The Hall–Kier alpha value is -2.93. The van der Waals surface area contributed by atoms with Gasteiger partial charge in [-0.25, -0.2) is 0 Å². The minimum Gasteiger partial charge on any atom is -0.193 e. The Morgan fingerprint density at radius 3 is 2.21 bits per heavy atom. The van der Waals surface area contributed by atoms with E-state index >= 15 is 0 Å². The third-order valence-corrected chi connectivity index (χ3v) is 4.46. The number of benzene rings is 3. The Kier molecular flexibility index (Phi) is 3.84. The van der Waals surface area contributed by atoms with Gasteiger partial charge < -0.3 is 0 Å². The molecule has 3 aromatic carbocycles. The molecule has 24 heavy (non-hydrogen) atoms. The van der Waals surface area contributed by atoms with Gasteiger partial charge in [-0.2, -0.15) is 4.57 Å². The van der Waals surface area contributed by atoms with Crippen LogP contribution < -0.4 is 4.57 Å². The second-order valence-electron chi connectivity index (χ2n) is 6.23. The quantitative estimate of drug-likeness (QED) is 0.461. The first-order valence-corrected chi connectivity index (χ1v) is 8.33. The fourth-order valence-corrected chi connectivity index (χ4v) is 3.20. The van der Waals surface area contributed by atoms with Crippen LogP contribution in [0.5, 0.6) is 0 Å². The van der Waals surface area contributed by atoms with Gasteiger partial charge in [0, 0.05) is 17.2 Å². The molecule has 0 fully saturated rings. The summed E-state index contributed by atoms with van der Waals surface area (Å²) in [6, 6.07) is 30.3. The summed E-state index contributed by atoms with van der Waals surface area (Å²) in [5.41, 5.74) is 5.13. The smallest absolute Gasteiger partial charge is 0.193 e. The minimum absolute atomic E-state index is 0.870. The van der Waals surface area contributed by atoms with E-state index in [1.165, 1.54) is 33.2 Å². The molecule has 0 N–H and O–H groups in total. The second-order valence-corrected chi connectivity index (χ2v) is 6.23. The lowest BCUT2D eigenvalue weighted by Crippen LogP contribution is -2.36. The largest absolute Gasteiger partial charge is 0.220 e. The molecule has 0 bridgehead atoms. The minimum atomic E-state index is 0.870. The number of fused-ring (bicyclic) bond motifs is 1. The van der Waals surface area contributed by atoms with Crippen molar-refractivity contribution in [2.45, 2.75) is 13.5 Å². The third-order valence-electron chi connectivity index (χ3n) is 4.46. The van der Waals surface area contributed by atoms with E-state index in [2.05, 4.69) is 103 Å². The molecule has 0 radical (unpaired) electrons. The fraction of sp³-hybridized carbons (Fsp3) is 0.0870. The molecular formula is C23H20N+. The molecule has 0 saturated heterocycles. The van der Waals surface area contributed by atoms with Gasteiger partial charge in [-0.15, -0.1) is 0 Å². The van der Waals surface area contributed by atoms with Gasteiger partial charge in [0.25, 0.3) is 0 Å². The summed E-state index contributed by atoms with van der Waals surface area (Å²) < 4.78 is 2.35. The van der Waals surface area contributed by atoms with Crippen molar-refractivity contribution in [3.8, 4) is 11.3 Å². The van der Waals surface area contributed by atoms with Crippen molar-refractivity contribution in [3.63, 3.8) is 0 Å². The molecule has 0 aliphatic heterocycles. The number of hydrogen-bond acceptors (Lipinski definition) is 0. The lowest BCUT2D eigenvalue weighted by molar-refractivity contribution is -0.676. The van der Waals surface area contributed by atoms with Crippen LogP contribution in [-0.4, -0.2) is 0 Å². The third kappa shape index (κ3) is 2.81. The highest BCUT2D eigenvalue weighted by molar-refractivity contribution is 5.92. The summed E-state index contributed by atoms with van der Waals surface area (Å²) in [5.74, 6) is 0. The lowest BCUT2D eigenvalue weighted by Gasteiger charge is -2.08. The van der Waals surface area contributed by atoms with Crippen LogP contribution in [0, 0.1) is 6.92 Å². The maximum absolute atomic E-state index is 2.35. The van der Waals surface area contributed by atoms with Crippen LogP contribution in [0.15, 0.2) is 91.1 Å². The van der Waals surface area contributed by atoms with Crippen LogP contribution in [0.1, 0.15) is 11.1 Å². The van der Waals surface area contributed by atoms with Gasteiger partial charge in [-0.1, -0.05) is 66.2 Å². The first-order chi connectivity index (χ1) is 11.8. The van der Waals surface area contributed by atoms with Crippen molar-refractivity contribution < 1.29 is 4.57 Å². The summed E-state index contributed by atoms with van der Waals surface area (Å²) in [5, 5.41) is 2.57. The Bertz CT molecular complexity index is 970. The van der Waals surface area contributed by atoms with Gasteiger partial charge in [0.05, 0.1) is 5.39 Å². The van der Waals surface area contributed by atoms with Crippen LogP contribution in [0.2, 0.25) is 0 Å². The van der Waals surface area contributed by atoms with Crippen LogP contribution in [-0.2, 0) is 6.54 Å². The van der Waals surface area contributed by atoms with Crippen molar-refractivity contribution in [1.82, 2.24) is 0 Å². The monoisotopic (exact) mass is 310 g/mol. The van der Waals surface area contributed by atoms with E-state index in [-0.39, 0.29) is 0 Å². The molecule has 4 rings (SSSR count). The summed E-state index contributed by atoms with van der Waals surface area (Å²) in [6.45, 7) is 3.00. The van der Waals surface area contributed by atoms with E-state index in [0.717, 1.165) is 6.54 Å². The summed E-state index contributed by atoms with van der Waals surface area (Å²) in [6.07, 6.45) is 2.20. The van der Waals surface area contributed by atoms with Crippen molar-refractivity contribution in [2.24, 2.45) is 0 Å². The highest BCUT2D eigenvalue weighted by Gasteiger charge is 2.17. The summed E-state index contributed by atoms with van der Waals surface area (Å²) in [4.78, 5) is 0. The molecule has 0 atom stereocenters. The summed E-state index contributed by atoms with van der Waals surface area (Å²) in [7, 11) is 0. The Balaban J connectivity index is 1.92. The molecule has 0 aliphatic rings. The first-order valence-electron chi connectivity index (χ1n) is 8.33. The number of hydrogen-bond donors (Lipinski definition) is 0. The van der Waals surface area contributed by atoms with Gasteiger partial charge in [-0.3, -0.25) is 0 Å². The Morgan fingerprint density at radius 1 is 0.708 bits per heavy atom. The van der Waals surface area contributed by atoms with E-state index in [1.54, 1.807) is 0 Å². The zero-order valence-corrected chi connectivity index (χ0v) is 13.8. The average molecular weight is 310 g/mol. The van der Waals surface area contributed by atoms with Gasteiger partial charge in [0.15, 0.2) is 12.7 Å². The lowest BCUT2D eigenvalue weighted by atomic mass is 10.0. The molecule has 0 amide bonds. The number of aromatic nitrogens is 1. The second kappa shape index (κ2) is 6.29. The standard InChI is InChI=1S/C23H20N/c1-18-11-13-21(14-12-18)23-22-10-6-5-9-20(22)15-16-24(23)17-19-7-3-2-4-8-19/h2-16H,17H2,1H3/q+1. The SMILES string of the molecule is Cc1ccc(-c2c3ccccc3cc[n+]2Cc2ccccc2)cc1. The van der Waals surface area contributed by atoms with Crippen LogP contribution >= 0.6 is 0 Å². The molecule has 1 heterocycles.